The van der Waals surface area contributed by atoms with Crippen molar-refractivity contribution in [2.75, 3.05) is 31.4 Å². The maximum Gasteiger partial charge on any atom is 0.348 e. The Morgan fingerprint density at radius 1 is 1.16 bits per heavy atom. The summed E-state index contributed by atoms with van der Waals surface area (Å²) in [4.78, 5) is 51.2. The van der Waals surface area contributed by atoms with Crippen molar-refractivity contribution < 1.29 is 33.4 Å². The Kier molecular flexibility index (Phi) is 6.83. The van der Waals surface area contributed by atoms with Gasteiger partial charge in [-0.1, -0.05) is 12.1 Å². The van der Waals surface area contributed by atoms with Crippen LogP contribution in [0.1, 0.15) is 43.1 Å². The highest BCUT2D eigenvalue weighted by Gasteiger charge is 2.37. The van der Waals surface area contributed by atoms with Crippen LogP contribution in [-0.4, -0.2) is 44.6 Å². The Labute approximate surface area is 189 Å². The number of carbonyl (C=O) groups is 4. The number of carbonyl (C=O) groups excluding carboxylic acids is 4. The highest BCUT2D eigenvalue weighted by atomic mass is 32.1. The lowest BCUT2D eigenvalue weighted by Crippen LogP contribution is -2.27. The predicted molar refractivity (Wildman–Crippen MR) is 118 cm³/mol. The maximum absolute atomic E-state index is 12.7. The summed E-state index contributed by atoms with van der Waals surface area (Å²) in [5.74, 6) is -2.92. The summed E-state index contributed by atoms with van der Waals surface area (Å²) in [6.07, 6.45) is 0.00566. The molecule has 1 fully saturated rings. The van der Waals surface area contributed by atoms with Crippen LogP contribution < -0.4 is 10.6 Å². The van der Waals surface area contributed by atoms with Crippen molar-refractivity contribution in [3.63, 3.8) is 0 Å². The average molecular weight is 461 g/mol. The van der Waals surface area contributed by atoms with Gasteiger partial charge in [-0.3, -0.25) is 9.59 Å². The number of hydrogen-bond donors (Lipinski definition) is 1. The molecule has 0 bridgehead atoms. The summed E-state index contributed by atoms with van der Waals surface area (Å²) in [6.45, 7) is 3.68. The van der Waals surface area contributed by atoms with E-state index in [4.69, 9.17) is 19.9 Å². The Morgan fingerprint density at radius 3 is 2.50 bits per heavy atom. The van der Waals surface area contributed by atoms with Crippen molar-refractivity contribution in [2.45, 2.75) is 26.9 Å². The molecule has 0 aliphatic carbocycles. The number of nitrogens with two attached hydrogens (primary N) is 1. The SMILES string of the molecule is COC(=O)c1sc(N)c(C(=O)OC)c1COC(=O)[C@H]1CC(=O)N(c2cccc(C)c2C)C1. The van der Waals surface area contributed by atoms with E-state index in [2.05, 4.69) is 0 Å². The highest BCUT2D eigenvalue weighted by Crippen LogP contribution is 2.34. The number of amides is 1. The summed E-state index contributed by atoms with van der Waals surface area (Å²) in [6, 6.07) is 5.66. The van der Waals surface area contributed by atoms with Crippen LogP contribution in [0.2, 0.25) is 0 Å². The Balaban J connectivity index is 1.78. The van der Waals surface area contributed by atoms with Crippen LogP contribution in [0, 0.1) is 19.8 Å². The summed E-state index contributed by atoms with van der Waals surface area (Å²) >= 11 is 0.851. The fourth-order valence-corrected chi connectivity index (χ4v) is 4.57. The molecule has 2 aromatic rings. The van der Waals surface area contributed by atoms with Gasteiger partial charge in [-0.05, 0) is 31.0 Å². The van der Waals surface area contributed by atoms with E-state index in [0.29, 0.717) is 0 Å². The second-order valence-electron chi connectivity index (χ2n) is 7.36. The summed E-state index contributed by atoms with van der Waals surface area (Å²) < 4.78 is 14.9. The number of methoxy groups -OCH3 is 2. The molecule has 1 aromatic carbocycles. The normalized spacial score (nSPS) is 15.6. The van der Waals surface area contributed by atoms with Crippen molar-refractivity contribution in [1.29, 1.82) is 0 Å². The van der Waals surface area contributed by atoms with Gasteiger partial charge in [0.2, 0.25) is 5.91 Å². The van der Waals surface area contributed by atoms with Gasteiger partial charge in [0.25, 0.3) is 0 Å². The Bertz CT molecular complexity index is 1090. The van der Waals surface area contributed by atoms with Gasteiger partial charge in [-0.15, -0.1) is 11.3 Å². The zero-order valence-corrected chi connectivity index (χ0v) is 19.0. The first kappa shape index (κ1) is 23.3. The standard InChI is InChI=1S/C22H24N2O7S/c1-11-6-5-7-15(12(11)2)24-9-13(8-16(24)25)20(26)31-10-14-17(21(27)29-3)19(23)32-18(14)22(28)30-4/h5-7,13H,8-10,23H2,1-4H3/t13-/m0/s1. The van der Waals surface area contributed by atoms with Gasteiger partial charge in [0.05, 0.1) is 20.1 Å². The third kappa shape index (κ3) is 4.31. The number of hydrogen-bond acceptors (Lipinski definition) is 9. The smallest absolute Gasteiger partial charge is 0.348 e. The van der Waals surface area contributed by atoms with E-state index < -0.39 is 23.8 Å². The van der Waals surface area contributed by atoms with Crippen molar-refractivity contribution in [1.82, 2.24) is 0 Å². The molecule has 9 nitrogen and oxygen atoms in total. The van der Waals surface area contributed by atoms with Crippen LogP contribution in [0.5, 0.6) is 0 Å². The molecule has 1 aliphatic heterocycles. The minimum atomic E-state index is -0.753. The van der Waals surface area contributed by atoms with Gasteiger partial charge >= 0.3 is 17.9 Å². The summed E-state index contributed by atoms with van der Waals surface area (Å²) in [7, 11) is 2.37. The average Bonchev–Trinajstić information content (AvgIpc) is 3.32. The quantitative estimate of drug-likeness (QED) is 0.515. The Morgan fingerprint density at radius 2 is 1.84 bits per heavy atom. The largest absolute Gasteiger partial charge is 0.465 e. The number of nitrogen functional groups attached to an aromatic ring is 1. The molecule has 170 valence electrons. The first-order chi connectivity index (χ1) is 15.2. The molecule has 0 radical (unpaired) electrons. The molecular weight excluding hydrogens is 436 g/mol. The molecule has 2 heterocycles. The number of aryl methyl sites for hydroxylation is 1. The van der Waals surface area contributed by atoms with Gasteiger partial charge < -0.3 is 24.8 Å². The number of esters is 3. The Hall–Kier alpha value is -3.40. The number of rotatable bonds is 6. The number of ether oxygens (including phenoxy) is 3. The minimum Gasteiger partial charge on any atom is -0.465 e. The van der Waals surface area contributed by atoms with Crippen LogP contribution in [0.15, 0.2) is 18.2 Å². The summed E-state index contributed by atoms with van der Waals surface area (Å²) in [5, 5.41) is 0.0560. The van der Waals surface area contributed by atoms with Crippen molar-refractivity contribution in [3.05, 3.63) is 45.3 Å². The second kappa shape index (κ2) is 9.39. The topological polar surface area (TPSA) is 125 Å². The lowest BCUT2D eigenvalue weighted by molar-refractivity contribution is -0.149. The molecular formula is C22H24N2O7S. The number of anilines is 2. The van der Waals surface area contributed by atoms with E-state index in [9.17, 15) is 19.2 Å². The van der Waals surface area contributed by atoms with Crippen LogP contribution in [-0.2, 0) is 30.4 Å². The third-order valence-corrected chi connectivity index (χ3v) is 6.52. The molecule has 0 spiro atoms. The van der Waals surface area contributed by atoms with E-state index in [0.717, 1.165) is 28.2 Å². The highest BCUT2D eigenvalue weighted by molar-refractivity contribution is 7.18. The number of benzene rings is 1. The zero-order valence-electron chi connectivity index (χ0n) is 18.2. The van der Waals surface area contributed by atoms with Gasteiger partial charge in [0.15, 0.2) is 0 Å². The fraction of sp³-hybridized carbons (Fsp3) is 0.364. The molecule has 32 heavy (non-hydrogen) atoms. The molecule has 1 saturated heterocycles. The monoisotopic (exact) mass is 460 g/mol. The maximum atomic E-state index is 12.7. The van der Waals surface area contributed by atoms with Crippen molar-refractivity contribution in [2.24, 2.45) is 5.92 Å². The van der Waals surface area contributed by atoms with Crippen LogP contribution >= 0.6 is 11.3 Å². The van der Waals surface area contributed by atoms with E-state index in [1.54, 1.807) is 4.90 Å². The molecule has 10 heteroatoms. The van der Waals surface area contributed by atoms with E-state index in [-0.39, 0.29) is 46.5 Å². The second-order valence-corrected chi connectivity index (χ2v) is 8.42. The first-order valence-corrected chi connectivity index (χ1v) is 10.6. The van der Waals surface area contributed by atoms with Gasteiger partial charge in [0.1, 0.15) is 22.0 Å². The lowest BCUT2D eigenvalue weighted by atomic mass is 10.1. The molecule has 0 unspecified atom stereocenters. The number of thiophene rings is 1. The minimum absolute atomic E-state index is 0.00566. The number of nitrogens with zero attached hydrogens (tertiary/aromatic N) is 1. The molecule has 1 aliphatic rings. The molecule has 2 N–H and O–H groups in total. The fourth-order valence-electron chi connectivity index (χ4n) is 3.59. The molecule has 3 rings (SSSR count). The zero-order chi connectivity index (χ0) is 23.6. The molecule has 1 aromatic heterocycles. The van der Waals surface area contributed by atoms with E-state index >= 15 is 0 Å². The van der Waals surface area contributed by atoms with Gasteiger partial charge in [-0.2, -0.15) is 0 Å². The summed E-state index contributed by atoms with van der Waals surface area (Å²) in [5.41, 5.74) is 8.74. The first-order valence-electron chi connectivity index (χ1n) is 9.80. The predicted octanol–water partition coefficient (Wildman–Crippen LogP) is 2.62. The van der Waals surface area contributed by atoms with Crippen LogP contribution in [0.3, 0.4) is 0 Å². The lowest BCUT2D eigenvalue weighted by Gasteiger charge is -2.20. The van der Waals surface area contributed by atoms with Gasteiger partial charge in [0, 0.05) is 24.2 Å². The van der Waals surface area contributed by atoms with Gasteiger partial charge in [-0.25, -0.2) is 9.59 Å². The van der Waals surface area contributed by atoms with Crippen LogP contribution in [0.4, 0.5) is 10.7 Å². The van der Waals surface area contributed by atoms with Crippen LogP contribution in [0.25, 0.3) is 0 Å². The molecule has 1 amide bonds. The third-order valence-electron chi connectivity index (χ3n) is 5.48. The van der Waals surface area contributed by atoms with E-state index in [1.807, 2.05) is 32.0 Å². The van der Waals surface area contributed by atoms with E-state index in [1.165, 1.54) is 14.2 Å². The van der Waals surface area contributed by atoms with Crippen molar-refractivity contribution in [3.8, 4) is 0 Å². The molecule has 1 atom stereocenters. The molecule has 0 saturated carbocycles. The van der Waals surface area contributed by atoms with Crippen molar-refractivity contribution >= 4 is 45.8 Å².